The molecule has 0 rings (SSSR count). The maximum atomic E-state index is 13.1. The van der Waals surface area contributed by atoms with Crippen LogP contribution in [-0.2, 0) is 65.4 Å². The minimum absolute atomic E-state index is 0.106. The average Bonchev–Trinajstić information content (AvgIpc) is 3.22. The lowest BCUT2D eigenvalue weighted by atomic mass is 10.0. The van der Waals surface area contributed by atoms with Crippen LogP contribution in [0.15, 0.2) is 0 Å². The number of rotatable bonds is 74. The van der Waals surface area contributed by atoms with Crippen LogP contribution in [0.3, 0.4) is 0 Å². The third-order valence-corrected chi connectivity index (χ3v) is 19.4. The van der Waals surface area contributed by atoms with E-state index >= 15 is 0 Å². The molecule has 19 heteroatoms. The van der Waals surface area contributed by atoms with E-state index in [4.69, 9.17) is 37.0 Å². The van der Waals surface area contributed by atoms with Crippen LogP contribution in [0.25, 0.3) is 0 Å². The van der Waals surface area contributed by atoms with Crippen LogP contribution in [0.1, 0.15) is 388 Å². The van der Waals surface area contributed by atoms with Gasteiger partial charge in [-0.2, -0.15) is 0 Å². The molecule has 0 aromatic carbocycles. The quantitative estimate of drug-likeness (QED) is 0.0222. The summed E-state index contributed by atoms with van der Waals surface area (Å²) in [5.41, 5.74) is 0. The molecule has 0 fully saturated rings. The molecule has 2 unspecified atom stereocenters. The predicted octanol–water partition coefficient (Wildman–Crippen LogP) is 21.9. The molecule has 94 heavy (non-hydrogen) atoms. The number of phosphoric acid groups is 2. The maximum absolute atomic E-state index is 13.1. The SMILES string of the molecule is CCCCCCCCCCCCCCCCCC(=O)O[C@H](COC(=O)CCCCCCCCCCCCCC(C)C)COP(=O)(O)OC[C@@H](O)COP(=O)(O)OC[C@@H](COC(=O)CCCCCCCCCCCCCC)OC(=O)CCCCCCCCCCCCC(C)C. The van der Waals surface area contributed by atoms with E-state index in [2.05, 4.69) is 41.5 Å². The number of ether oxygens (including phenoxy) is 4. The second kappa shape index (κ2) is 66.9. The minimum Gasteiger partial charge on any atom is -0.462 e. The molecular weight excluding hydrogens is 1230 g/mol. The van der Waals surface area contributed by atoms with Crippen LogP contribution >= 0.6 is 15.6 Å². The van der Waals surface area contributed by atoms with Crippen LogP contribution in [0.4, 0.5) is 0 Å². The number of aliphatic hydroxyl groups excluding tert-OH is 1. The molecule has 0 radical (unpaired) electrons. The summed E-state index contributed by atoms with van der Waals surface area (Å²) in [5.74, 6) is -0.591. The Morgan fingerprint density at radius 3 is 0.723 bits per heavy atom. The van der Waals surface area contributed by atoms with Gasteiger partial charge in [-0.25, -0.2) is 9.13 Å². The highest BCUT2D eigenvalue weighted by atomic mass is 31.2. The molecule has 17 nitrogen and oxygen atoms in total. The first-order chi connectivity index (χ1) is 45.4. The van der Waals surface area contributed by atoms with Crippen LogP contribution in [-0.4, -0.2) is 96.7 Å². The summed E-state index contributed by atoms with van der Waals surface area (Å²) >= 11 is 0. The van der Waals surface area contributed by atoms with Gasteiger partial charge in [-0.05, 0) is 37.5 Å². The van der Waals surface area contributed by atoms with Gasteiger partial charge in [0.1, 0.15) is 19.3 Å². The van der Waals surface area contributed by atoms with Crippen molar-refractivity contribution in [2.75, 3.05) is 39.6 Å². The Hall–Kier alpha value is -1.94. The first-order valence-corrected chi connectivity index (χ1v) is 42.0. The summed E-state index contributed by atoms with van der Waals surface area (Å²) < 4.78 is 68.5. The molecule has 0 aliphatic rings. The van der Waals surface area contributed by atoms with Crippen molar-refractivity contribution < 1.29 is 80.2 Å². The normalized spacial score (nSPS) is 14.0. The topological polar surface area (TPSA) is 237 Å². The van der Waals surface area contributed by atoms with Crippen molar-refractivity contribution in [3.63, 3.8) is 0 Å². The zero-order chi connectivity index (χ0) is 69.3. The Morgan fingerprint density at radius 2 is 0.489 bits per heavy atom. The Balaban J connectivity index is 5.27. The van der Waals surface area contributed by atoms with E-state index in [0.717, 1.165) is 102 Å². The lowest BCUT2D eigenvalue weighted by molar-refractivity contribution is -0.161. The van der Waals surface area contributed by atoms with E-state index in [1.54, 1.807) is 0 Å². The summed E-state index contributed by atoms with van der Waals surface area (Å²) in [6, 6.07) is 0. The Labute approximate surface area is 575 Å². The molecule has 0 spiro atoms. The van der Waals surface area contributed by atoms with E-state index in [1.807, 2.05) is 0 Å². The second-order valence-corrected chi connectivity index (χ2v) is 30.9. The molecule has 0 aromatic rings. The second-order valence-electron chi connectivity index (χ2n) is 28.0. The smallest absolute Gasteiger partial charge is 0.462 e. The molecule has 0 amide bonds. The Bertz CT molecular complexity index is 1820. The number of phosphoric ester groups is 2. The van der Waals surface area contributed by atoms with E-state index in [9.17, 15) is 43.2 Å². The third-order valence-electron chi connectivity index (χ3n) is 17.5. The van der Waals surface area contributed by atoms with E-state index in [0.29, 0.717) is 25.7 Å². The first-order valence-electron chi connectivity index (χ1n) is 39.0. The van der Waals surface area contributed by atoms with Gasteiger partial charge < -0.3 is 33.8 Å². The van der Waals surface area contributed by atoms with Gasteiger partial charge in [-0.3, -0.25) is 37.3 Å². The van der Waals surface area contributed by atoms with Crippen LogP contribution < -0.4 is 0 Å². The fourth-order valence-electron chi connectivity index (χ4n) is 11.5. The summed E-state index contributed by atoms with van der Waals surface area (Å²) in [5, 5.41) is 10.6. The summed E-state index contributed by atoms with van der Waals surface area (Å²) in [4.78, 5) is 72.8. The maximum Gasteiger partial charge on any atom is 0.472 e. The number of hydrogen-bond acceptors (Lipinski definition) is 15. The van der Waals surface area contributed by atoms with Crippen LogP contribution in [0.5, 0.6) is 0 Å². The lowest BCUT2D eigenvalue weighted by Gasteiger charge is -2.21. The number of esters is 4. The van der Waals surface area contributed by atoms with Crippen molar-refractivity contribution >= 4 is 39.5 Å². The Kier molecular flexibility index (Phi) is 65.5. The zero-order valence-electron chi connectivity index (χ0n) is 61.3. The van der Waals surface area contributed by atoms with Crippen molar-refractivity contribution in [1.82, 2.24) is 0 Å². The van der Waals surface area contributed by atoms with Gasteiger partial charge >= 0.3 is 39.5 Å². The van der Waals surface area contributed by atoms with Crippen molar-refractivity contribution in [1.29, 1.82) is 0 Å². The van der Waals surface area contributed by atoms with Crippen LogP contribution in [0.2, 0.25) is 0 Å². The largest absolute Gasteiger partial charge is 0.472 e. The number of carbonyl (C=O) groups excluding carboxylic acids is 4. The van der Waals surface area contributed by atoms with Crippen molar-refractivity contribution in [2.45, 2.75) is 407 Å². The molecule has 0 aromatic heterocycles. The molecule has 0 aliphatic carbocycles. The third kappa shape index (κ3) is 68.6. The average molecular weight is 1380 g/mol. The van der Waals surface area contributed by atoms with E-state index in [1.165, 1.54) is 205 Å². The lowest BCUT2D eigenvalue weighted by Crippen LogP contribution is -2.30. The van der Waals surface area contributed by atoms with E-state index < -0.39 is 97.5 Å². The molecule has 0 heterocycles. The first kappa shape index (κ1) is 92.1. The summed E-state index contributed by atoms with van der Waals surface area (Å²) in [6.45, 7) is 9.59. The fraction of sp³-hybridized carbons (Fsp3) is 0.947. The fourth-order valence-corrected chi connectivity index (χ4v) is 13.1. The molecule has 0 saturated carbocycles. The standard InChI is InChI=1S/C75H146O17P2/c1-7-9-11-13-15-17-19-21-22-23-27-35-41-47-53-59-74(79)91-70(63-86-73(78)58-52-46-40-34-28-24-25-31-37-43-49-55-67(3)4)65-89-93(81,82)87-61-69(76)62-88-94(83,84)90-66-71(64-85-72(77)57-51-45-39-33-26-20-18-16-14-12-10-8-2)92-75(80)60-54-48-42-36-30-29-32-38-44-50-56-68(5)6/h67-71,76H,7-66H2,1-6H3,(H,81,82)(H,83,84)/t69-,70-,71-/m1/s1. The molecular formula is C75H146O17P2. The molecule has 0 saturated heterocycles. The number of unbranched alkanes of at least 4 members (excludes halogenated alkanes) is 44. The summed E-state index contributed by atoms with van der Waals surface area (Å²) in [6.07, 6.45) is 53.9. The molecule has 3 N–H and O–H groups in total. The van der Waals surface area contributed by atoms with Gasteiger partial charge in [0, 0.05) is 25.7 Å². The van der Waals surface area contributed by atoms with Crippen molar-refractivity contribution in [3.05, 3.63) is 0 Å². The monoisotopic (exact) mass is 1380 g/mol. The van der Waals surface area contributed by atoms with Gasteiger partial charge in [-0.15, -0.1) is 0 Å². The van der Waals surface area contributed by atoms with Crippen molar-refractivity contribution in [3.8, 4) is 0 Å². The highest BCUT2D eigenvalue weighted by molar-refractivity contribution is 7.47. The van der Waals surface area contributed by atoms with Gasteiger partial charge in [0.15, 0.2) is 12.2 Å². The van der Waals surface area contributed by atoms with Gasteiger partial charge in [0.2, 0.25) is 0 Å². The number of aliphatic hydroxyl groups is 1. The molecule has 5 atom stereocenters. The van der Waals surface area contributed by atoms with Crippen LogP contribution in [0, 0.1) is 11.8 Å². The predicted molar refractivity (Wildman–Crippen MR) is 381 cm³/mol. The van der Waals surface area contributed by atoms with Gasteiger partial charge in [0.25, 0.3) is 0 Å². The Morgan fingerprint density at radius 1 is 0.287 bits per heavy atom. The summed E-state index contributed by atoms with van der Waals surface area (Å²) in [7, 11) is -9.91. The highest BCUT2D eigenvalue weighted by Gasteiger charge is 2.30. The van der Waals surface area contributed by atoms with Crippen molar-refractivity contribution in [2.24, 2.45) is 11.8 Å². The number of carbonyl (C=O) groups is 4. The molecule has 0 aliphatic heterocycles. The van der Waals surface area contributed by atoms with E-state index in [-0.39, 0.29) is 25.7 Å². The number of hydrogen-bond donors (Lipinski definition) is 3. The minimum atomic E-state index is -4.96. The molecule has 0 bridgehead atoms. The van der Waals surface area contributed by atoms with Gasteiger partial charge in [-0.1, -0.05) is 337 Å². The zero-order valence-corrected chi connectivity index (χ0v) is 63.1. The highest BCUT2D eigenvalue weighted by Crippen LogP contribution is 2.45. The molecule has 558 valence electrons. The van der Waals surface area contributed by atoms with Gasteiger partial charge in [0.05, 0.1) is 26.4 Å².